The Kier molecular flexibility index (Phi) is 5.77. The Hall–Kier alpha value is -2.44. The van der Waals surface area contributed by atoms with Gasteiger partial charge in [0.05, 0.1) is 0 Å². The predicted molar refractivity (Wildman–Crippen MR) is 111 cm³/mol. The number of benzene rings is 2. The molecule has 0 aliphatic rings. The number of anilines is 1. The monoisotopic (exact) mass is 445 g/mol. The number of hydrogen-bond acceptors (Lipinski definition) is 3. The van der Waals surface area contributed by atoms with Gasteiger partial charge in [-0.1, -0.05) is 39.7 Å². The zero-order valence-corrected chi connectivity index (χ0v) is 17.1. The van der Waals surface area contributed by atoms with E-state index in [1.165, 1.54) is 10.6 Å². The number of halogens is 2. The molecule has 0 aliphatic carbocycles. The molecule has 1 aromatic heterocycles. The van der Waals surface area contributed by atoms with E-state index in [0.29, 0.717) is 27.8 Å². The van der Waals surface area contributed by atoms with Gasteiger partial charge in [0.1, 0.15) is 12.4 Å². The fourth-order valence-electron chi connectivity index (χ4n) is 2.72. The Morgan fingerprint density at radius 3 is 2.67 bits per heavy atom. The molecular formula is C20H17BrClN3O2. The third kappa shape index (κ3) is 4.64. The van der Waals surface area contributed by atoms with E-state index in [9.17, 15) is 9.59 Å². The van der Waals surface area contributed by atoms with Gasteiger partial charge in [0, 0.05) is 32.5 Å². The summed E-state index contributed by atoms with van der Waals surface area (Å²) in [6.07, 6.45) is 0. The average molecular weight is 447 g/mol. The average Bonchev–Trinajstić information content (AvgIpc) is 2.59. The predicted octanol–water partition coefficient (Wildman–Crippen LogP) is 4.58. The van der Waals surface area contributed by atoms with Crippen LogP contribution in [0.1, 0.15) is 11.3 Å². The standard InChI is InChI=1S/C20H17BrClN3O2/c1-12-8-15(21)6-7-17(12)24-18(26)11-25-19(27)9-13(2)23-20(25)14-4-3-5-16(22)10-14/h3-10H,11H2,1-2H3,(H,24,26). The van der Waals surface area contributed by atoms with Gasteiger partial charge in [0.25, 0.3) is 5.56 Å². The maximum Gasteiger partial charge on any atom is 0.254 e. The lowest BCUT2D eigenvalue weighted by Gasteiger charge is -2.14. The molecule has 138 valence electrons. The van der Waals surface area contributed by atoms with Crippen molar-refractivity contribution in [3.05, 3.63) is 79.6 Å². The smallest absolute Gasteiger partial charge is 0.254 e. The van der Waals surface area contributed by atoms with E-state index < -0.39 is 0 Å². The second-order valence-electron chi connectivity index (χ2n) is 6.16. The molecule has 0 radical (unpaired) electrons. The van der Waals surface area contributed by atoms with Crippen molar-refractivity contribution in [3.63, 3.8) is 0 Å². The van der Waals surface area contributed by atoms with Crippen molar-refractivity contribution in [2.45, 2.75) is 20.4 Å². The first-order valence-electron chi connectivity index (χ1n) is 8.24. The summed E-state index contributed by atoms with van der Waals surface area (Å²) in [6.45, 7) is 3.49. The van der Waals surface area contributed by atoms with Crippen molar-refractivity contribution < 1.29 is 4.79 Å². The largest absolute Gasteiger partial charge is 0.324 e. The van der Waals surface area contributed by atoms with Gasteiger partial charge in [-0.05, 0) is 49.7 Å². The molecule has 7 heteroatoms. The molecule has 1 heterocycles. The van der Waals surface area contributed by atoms with Crippen molar-refractivity contribution in [1.82, 2.24) is 9.55 Å². The normalized spacial score (nSPS) is 10.7. The minimum absolute atomic E-state index is 0.149. The van der Waals surface area contributed by atoms with Crippen molar-refractivity contribution in [1.29, 1.82) is 0 Å². The molecule has 0 spiro atoms. The van der Waals surface area contributed by atoms with Gasteiger partial charge < -0.3 is 5.32 Å². The number of amides is 1. The van der Waals surface area contributed by atoms with Gasteiger partial charge in [0.2, 0.25) is 5.91 Å². The molecule has 27 heavy (non-hydrogen) atoms. The van der Waals surface area contributed by atoms with Crippen LogP contribution in [-0.4, -0.2) is 15.5 Å². The fraction of sp³-hybridized carbons (Fsp3) is 0.150. The zero-order chi connectivity index (χ0) is 19.6. The van der Waals surface area contributed by atoms with Crippen LogP contribution in [0.25, 0.3) is 11.4 Å². The second kappa shape index (κ2) is 8.06. The van der Waals surface area contributed by atoms with Crippen molar-refractivity contribution in [3.8, 4) is 11.4 Å². The summed E-state index contributed by atoms with van der Waals surface area (Å²) in [5, 5.41) is 3.38. The van der Waals surface area contributed by atoms with Crippen molar-refractivity contribution in [2.24, 2.45) is 0 Å². The summed E-state index contributed by atoms with van der Waals surface area (Å²) in [5.74, 6) is 0.0987. The molecule has 3 rings (SSSR count). The van der Waals surface area contributed by atoms with E-state index in [1.54, 1.807) is 31.2 Å². The minimum Gasteiger partial charge on any atom is -0.324 e. The maximum atomic E-state index is 12.6. The van der Waals surface area contributed by atoms with E-state index in [4.69, 9.17) is 11.6 Å². The summed E-state index contributed by atoms with van der Waals surface area (Å²) < 4.78 is 2.28. The van der Waals surface area contributed by atoms with Gasteiger partial charge in [-0.2, -0.15) is 0 Å². The summed E-state index contributed by atoms with van der Waals surface area (Å²) in [5.41, 5.74) is 2.58. The lowest BCUT2D eigenvalue weighted by molar-refractivity contribution is -0.116. The third-order valence-electron chi connectivity index (χ3n) is 3.98. The number of nitrogens with one attached hydrogen (secondary N) is 1. The molecule has 5 nitrogen and oxygen atoms in total. The topological polar surface area (TPSA) is 64.0 Å². The highest BCUT2D eigenvalue weighted by molar-refractivity contribution is 9.10. The Morgan fingerprint density at radius 1 is 1.19 bits per heavy atom. The highest BCUT2D eigenvalue weighted by Crippen LogP contribution is 2.22. The van der Waals surface area contributed by atoms with E-state index in [2.05, 4.69) is 26.2 Å². The summed E-state index contributed by atoms with van der Waals surface area (Å²) in [6, 6.07) is 14.0. The Morgan fingerprint density at radius 2 is 1.96 bits per heavy atom. The molecule has 0 bridgehead atoms. The molecule has 1 amide bonds. The Labute approximate surface area is 170 Å². The van der Waals surface area contributed by atoms with Crippen molar-refractivity contribution >= 4 is 39.1 Å². The third-order valence-corrected chi connectivity index (χ3v) is 4.71. The number of hydrogen-bond donors (Lipinski definition) is 1. The number of rotatable bonds is 4. The van der Waals surface area contributed by atoms with Crippen LogP contribution in [0.3, 0.4) is 0 Å². The maximum absolute atomic E-state index is 12.6. The van der Waals surface area contributed by atoms with E-state index in [-0.39, 0.29) is 18.0 Å². The first-order valence-corrected chi connectivity index (χ1v) is 9.41. The molecule has 0 saturated heterocycles. The molecule has 0 aliphatic heterocycles. The van der Waals surface area contributed by atoms with Gasteiger partial charge in [-0.15, -0.1) is 0 Å². The molecule has 1 N–H and O–H groups in total. The first-order chi connectivity index (χ1) is 12.8. The van der Waals surface area contributed by atoms with Crippen LogP contribution in [-0.2, 0) is 11.3 Å². The Balaban J connectivity index is 1.94. The minimum atomic E-state index is -0.309. The highest BCUT2D eigenvalue weighted by atomic mass is 79.9. The van der Waals surface area contributed by atoms with Crippen molar-refractivity contribution in [2.75, 3.05) is 5.32 Å². The lowest BCUT2D eigenvalue weighted by Crippen LogP contribution is -2.29. The number of nitrogens with zero attached hydrogens (tertiary/aromatic N) is 2. The number of aromatic nitrogens is 2. The van der Waals surface area contributed by atoms with Crippen LogP contribution < -0.4 is 10.9 Å². The number of aryl methyl sites for hydroxylation is 2. The summed E-state index contributed by atoms with van der Waals surface area (Å²) >= 11 is 9.47. The van der Waals surface area contributed by atoms with Crippen LogP contribution in [0, 0.1) is 13.8 Å². The van der Waals surface area contributed by atoms with Crippen LogP contribution in [0.2, 0.25) is 5.02 Å². The number of carbonyl (C=O) groups is 1. The molecule has 3 aromatic rings. The SMILES string of the molecule is Cc1cc(=O)n(CC(=O)Nc2ccc(Br)cc2C)c(-c2cccc(Cl)c2)n1. The van der Waals surface area contributed by atoms with Crippen LogP contribution in [0.5, 0.6) is 0 Å². The zero-order valence-electron chi connectivity index (χ0n) is 14.8. The molecule has 0 saturated carbocycles. The van der Waals surface area contributed by atoms with Crippen LogP contribution in [0.4, 0.5) is 5.69 Å². The van der Waals surface area contributed by atoms with Crippen LogP contribution in [0.15, 0.2) is 57.8 Å². The van der Waals surface area contributed by atoms with E-state index in [0.717, 1.165) is 10.0 Å². The fourth-order valence-corrected chi connectivity index (χ4v) is 3.39. The van der Waals surface area contributed by atoms with Crippen LogP contribution >= 0.6 is 27.5 Å². The van der Waals surface area contributed by atoms with Gasteiger partial charge in [0.15, 0.2) is 0 Å². The molecule has 2 aromatic carbocycles. The summed E-state index contributed by atoms with van der Waals surface area (Å²) in [4.78, 5) is 29.5. The highest BCUT2D eigenvalue weighted by Gasteiger charge is 2.14. The lowest BCUT2D eigenvalue weighted by atomic mass is 10.2. The van der Waals surface area contributed by atoms with E-state index in [1.807, 2.05) is 25.1 Å². The Bertz CT molecular complexity index is 1080. The van der Waals surface area contributed by atoms with E-state index >= 15 is 0 Å². The quantitative estimate of drug-likeness (QED) is 0.638. The van der Waals surface area contributed by atoms with Gasteiger partial charge >= 0.3 is 0 Å². The molecule has 0 fully saturated rings. The molecule has 0 unspecified atom stereocenters. The molecular weight excluding hydrogens is 430 g/mol. The first kappa shape index (κ1) is 19.3. The molecule has 0 atom stereocenters. The van der Waals surface area contributed by atoms with Gasteiger partial charge in [-0.25, -0.2) is 4.98 Å². The second-order valence-corrected chi connectivity index (χ2v) is 7.52. The van der Waals surface area contributed by atoms with Gasteiger partial charge in [-0.3, -0.25) is 14.2 Å². The number of carbonyl (C=O) groups excluding carboxylic acids is 1. The summed E-state index contributed by atoms with van der Waals surface area (Å²) in [7, 11) is 0.